The molecule has 3 aromatic rings. The van der Waals surface area contributed by atoms with Crippen molar-refractivity contribution >= 4 is 28.2 Å². The van der Waals surface area contributed by atoms with Gasteiger partial charge in [-0.05, 0) is 38.5 Å². The van der Waals surface area contributed by atoms with E-state index in [9.17, 15) is 18.0 Å². The van der Waals surface area contributed by atoms with Crippen LogP contribution in [-0.4, -0.2) is 23.2 Å². The zero-order chi connectivity index (χ0) is 21.8. The summed E-state index contributed by atoms with van der Waals surface area (Å²) in [5, 5.41) is 12.9. The van der Waals surface area contributed by atoms with Gasteiger partial charge in [0.15, 0.2) is 5.82 Å². The van der Waals surface area contributed by atoms with Gasteiger partial charge in [-0.1, -0.05) is 18.2 Å². The molecule has 8 heteroatoms. The van der Waals surface area contributed by atoms with Crippen molar-refractivity contribution in [2.24, 2.45) is 0 Å². The minimum Gasteiger partial charge on any atom is -0.364 e. The third-order valence-electron chi connectivity index (χ3n) is 5.74. The summed E-state index contributed by atoms with van der Waals surface area (Å²) in [6, 6.07) is 7.74. The fourth-order valence-corrected chi connectivity index (χ4v) is 3.95. The van der Waals surface area contributed by atoms with Gasteiger partial charge >= 0.3 is 0 Å². The minimum absolute atomic E-state index is 0.00762. The van der Waals surface area contributed by atoms with E-state index in [2.05, 4.69) is 15.5 Å². The molecule has 0 radical (unpaired) electrons. The Morgan fingerprint density at radius 1 is 1.17 bits per heavy atom. The number of alkyl halides is 2. The number of likely N-dealkylation sites (N-methyl/N-ethyl adjacent to an activating group) is 1. The monoisotopic (exact) mass is 414 g/mol. The van der Waals surface area contributed by atoms with Crippen LogP contribution < -0.4 is 10.2 Å². The standard InChI is InChI=1S/C22H21F3N4O/c1-11-14-9-17-16(22(2,3)21(30)29(17)4)8-15(14)20(28-27-11)26-10-12-6-5-7-13(18(12)23)19(24)25/h5-9,19H,10H2,1-4H3,(H,26,28). The van der Waals surface area contributed by atoms with Crippen LogP contribution in [0.15, 0.2) is 30.3 Å². The molecule has 5 nitrogen and oxygen atoms in total. The number of carbonyl (C=O) groups is 1. The topological polar surface area (TPSA) is 58.1 Å². The van der Waals surface area contributed by atoms with Crippen LogP contribution in [0.1, 0.15) is 42.7 Å². The summed E-state index contributed by atoms with van der Waals surface area (Å²) in [4.78, 5) is 14.3. The molecule has 1 amide bonds. The van der Waals surface area contributed by atoms with E-state index in [1.54, 1.807) is 11.9 Å². The Bertz CT molecular complexity index is 1180. The Labute approximate surface area is 171 Å². The van der Waals surface area contributed by atoms with E-state index >= 15 is 0 Å². The molecule has 0 aliphatic carbocycles. The zero-order valence-corrected chi connectivity index (χ0v) is 17.1. The summed E-state index contributed by atoms with van der Waals surface area (Å²) in [5.74, 6) is -0.538. The van der Waals surface area contributed by atoms with E-state index in [4.69, 9.17) is 0 Å². The van der Waals surface area contributed by atoms with E-state index in [1.807, 2.05) is 32.9 Å². The van der Waals surface area contributed by atoms with E-state index in [0.29, 0.717) is 11.5 Å². The molecule has 0 unspecified atom stereocenters. The van der Waals surface area contributed by atoms with Crippen molar-refractivity contribution in [3.8, 4) is 0 Å². The van der Waals surface area contributed by atoms with Gasteiger partial charge in [-0.3, -0.25) is 4.79 Å². The average molecular weight is 414 g/mol. The lowest BCUT2D eigenvalue weighted by atomic mass is 9.85. The SMILES string of the molecule is Cc1nnc(NCc2cccc(C(F)F)c2F)c2cc3c(cc12)N(C)C(=O)C3(C)C. The smallest absolute Gasteiger partial charge is 0.266 e. The number of nitrogens with one attached hydrogen (secondary N) is 1. The van der Waals surface area contributed by atoms with Crippen LogP contribution >= 0.6 is 0 Å². The summed E-state index contributed by atoms with van der Waals surface area (Å²) >= 11 is 0. The van der Waals surface area contributed by atoms with Crippen molar-refractivity contribution < 1.29 is 18.0 Å². The molecule has 0 atom stereocenters. The first-order valence-corrected chi connectivity index (χ1v) is 9.52. The summed E-state index contributed by atoms with van der Waals surface area (Å²) in [5.41, 5.74) is 1.16. The molecular weight excluding hydrogens is 393 g/mol. The summed E-state index contributed by atoms with van der Waals surface area (Å²) in [6.45, 7) is 5.52. The molecule has 0 saturated carbocycles. The van der Waals surface area contributed by atoms with Gasteiger partial charge in [-0.25, -0.2) is 13.2 Å². The Hall–Kier alpha value is -3.16. The van der Waals surface area contributed by atoms with E-state index in [0.717, 1.165) is 28.1 Å². The van der Waals surface area contributed by atoms with Crippen molar-refractivity contribution in [2.75, 3.05) is 17.3 Å². The predicted molar refractivity (Wildman–Crippen MR) is 109 cm³/mol. The number of hydrogen-bond donors (Lipinski definition) is 1. The molecule has 0 saturated heterocycles. The number of anilines is 2. The number of amides is 1. The zero-order valence-electron chi connectivity index (χ0n) is 17.1. The Kier molecular flexibility index (Phi) is 4.67. The van der Waals surface area contributed by atoms with E-state index in [-0.39, 0.29) is 18.0 Å². The molecule has 1 aliphatic heterocycles. The minimum atomic E-state index is -2.88. The molecule has 2 heterocycles. The van der Waals surface area contributed by atoms with Crippen molar-refractivity contribution in [3.05, 3.63) is 58.5 Å². The summed E-state index contributed by atoms with van der Waals surface area (Å²) < 4.78 is 40.3. The van der Waals surface area contributed by atoms with Crippen LogP contribution in [0, 0.1) is 12.7 Å². The summed E-state index contributed by atoms with van der Waals surface area (Å²) in [7, 11) is 1.74. The van der Waals surface area contributed by atoms with Crippen LogP contribution in [0.25, 0.3) is 10.8 Å². The first-order chi connectivity index (χ1) is 14.1. The number of benzene rings is 2. The van der Waals surface area contributed by atoms with Crippen LogP contribution in [0.2, 0.25) is 0 Å². The number of halogens is 3. The van der Waals surface area contributed by atoms with Gasteiger partial charge in [0.05, 0.1) is 16.7 Å². The summed E-state index contributed by atoms with van der Waals surface area (Å²) in [6.07, 6.45) is -2.88. The van der Waals surface area contributed by atoms with Crippen molar-refractivity contribution in [1.29, 1.82) is 0 Å². The van der Waals surface area contributed by atoms with Crippen molar-refractivity contribution in [3.63, 3.8) is 0 Å². The van der Waals surface area contributed by atoms with Crippen LogP contribution in [-0.2, 0) is 16.8 Å². The third kappa shape index (κ3) is 2.98. The molecule has 0 spiro atoms. The van der Waals surface area contributed by atoms with Crippen LogP contribution in [0.5, 0.6) is 0 Å². The number of rotatable bonds is 4. The maximum atomic E-state index is 14.4. The molecule has 1 N–H and O–H groups in total. The Balaban J connectivity index is 1.77. The molecule has 1 aromatic heterocycles. The number of fused-ring (bicyclic) bond motifs is 2. The largest absolute Gasteiger partial charge is 0.364 e. The second-order valence-corrected chi connectivity index (χ2v) is 8.01. The van der Waals surface area contributed by atoms with Crippen molar-refractivity contribution in [2.45, 2.75) is 39.2 Å². The lowest BCUT2D eigenvalue weighted by Gasteiger charge is -2.17. The fraction of sp³-hybridized carbons (Fsp3) is 0.318. The van der Waals surface area contributed by atoms with E-state index in [1.165, 1.54) is 12.1 Å². The average Bonchev–Trinajstić information content (AvgIpc) is 2.87. The molecule has 0 bridgehead atoms. The van der Waals surface area contributed by atoms with Crippen molar-refractivity contribution in [1.82, 2.24) is 10.2 Å². The van der Waals surface area contributed by atoms with Crippen LogP contribution in [0.4, 0.5) is 24.7 Å². The van der Waals surface area contributed by atoms with Crippen LogP contribution in [0.3, 0.4) is 0 Å². The quantitative estimate of drug-likeness (QED) is 0.661. The van der Waals surface area contributed by atoms with Gasteiger partial charge in [0.25, 0.3) is 6.43 Å². The number of nitrogens with zero attached hydrogens (tertiary/aromatic N) is 3. The molecule has 30 heavy (non-hydrogen) atoms. The lowest BCUT2D eigenvalue weighted by molar-refractivity contribution is -0.121. The van der Waals surface area contributed by atoms with Gasteiger partial charge in [-0.2, -0.15) is 5.10 Å². The first-order valence-electron chi connectivity index (χ1n) is 9.52. The highest BCUT2D eigenvalue weighted by molar-refractivity contribution is 6.10. The molecule has 0 fully saturated rings. The molecule has 156 valence electrons. The normalized spacial score (nSPS) is 15.2. The second-order valence-electron chi connectivity index (χ2n) is 8.01. The fourth-order valence-electron chi connectivity index (χ4n) is 3.95. The molecular formula is C22H21F3N4O. The van der Waals surface area contributed by atoms with E-state index < -0.39 is 23.2 Å². The Morgan fingerprint density at radius 2 is 1.90 bits per heavy atom. The van der Waals surface area contributed by atoms with Gasteiger partial charge in [0.2, 0.25) is 5.91 Å². The molecule has 2 aromatic carbocycles. The second kappa shape index (κ2) is 6.97. The Morgan fingerprint density at radius 3 is 2.60 bits per heavy atom. The third-order valence-corrected chi connectivity index (χ3v) is 5.74. The number of aromatic nitrogens is 2. The highest BCUT2D eigenvalue weighted by Crippen LogP contribution is 2.44. The maximum Gasteiger partial charge on any atom is 0.266 e. The van der Waals surface area contributed by atoms with Gasteiger partial charge in [-0.15, -0.1) is 5.10 Å². The molecule has 4 rings (SSSR count). The lowest BCUT2D eigenvalue weighted by Crippen LogP contribution is -2.33. The van der Waals surface area contributed by atoms with Gasteiger partial charge in [0.1, 0.15) is 5.82 Å². The number of aryl methyl sites for hydroxylation is 1. The number of carbonyl (C=O) groups excluding carboxylic acids is 1. The highest BCUT2D eigenvalue weighted by Gasteiger charge is 2.42. The highest BCUT2D eigenvalue weighted by atomic mass is 19.3. The van der Waals surface area contributed by atoms with Gasteiger partial charge in [0, 0.05) is 35.6 Å². The van der Waals surface area contributed by atoms with Gasteiger partial charge < -0.3 is 10.2 Å². The number of hydrogen-bond acceptors (Lipinski definition) is 4. The molecule has 1 aliphatic rings. The maximum absolute atomic E-state index is 14.4. The first kappa shape index (κ1) is 20.1. The predicted octanol–water partition coefficient (Wildman–Crippen LogP) is 4.88.